The lowest BCUT2D eigenvalue weighted by Gasteiger charge is -2.10. The van der Waals surface area contributed by atoms with E-state index < -0.39 is 0 Å². The number of fused-ring (bicyclic) bond motifs is 1. The van der Waals surface area contributed by atoms with Gasteiger partial charge >= 0.3 is 0 Å². The average molecular weight is 449 g/mol. The number of benzene rings is 3. The largest absolute Gasteiger partial charge is 0.314 e. The highest BCUT2D eigenvalue weighted by Gasteiger charge is 2.14. The Morgan fingerprint density at radius 3 is 2.77 bits per heavy atom. The van der Waals surface area contributed by atoms with E-state index in [0.717, 1.165) is 32.9 Å². The first kappa shape index (κ1) is 21.2. The molecule has 0 spiro atoms. The monoisotopic (exact) mass is 448 g/mol. The maximum Gasteiger partial charge on any atom is 0.250 e. The second-order valence-electron chi connectivity index (χ2n) is 7.06. The van der Waals surface area contributed by atoms with Crippen molar-refractivity contribution in [3.8, 4) is 0 Å². The highest BCUT2D eigenvalue weighted by molar-refractivity contribution is 7.99. The molecule has 0 bridgehead atoms. The lowest BCUT2D eigenvalue weighted by Crippen LogP contribution is -2.20. The van der Waals surface area contributed by atoms with Crippen LogP contribution in [0.4, 0.5) is 0 Å². The van der Waals surface area contributed by atoms with E-state index in [0.29, 0.717) is 11.6 Å². The molecule has 0 saturated carbocycles. The molecule has 4 rings (SSSR count). The summed E-state index contributed by atoms with van der Waals surface area (Å²) in [5, 5.41) is 5.53. The molecule has 156 valence electrons. The number of aromatic nitrogens is 2. The molecule has 1 N–H and O–H groups in total. The first-order chi connectivity index (χ1) is 15.1. The number of carbonyl (C=O) groups is 1. The van der Waals surface area contributed by atoms with E-state index in [9.17, 15) is 4.79 Å². The predicted octanol–water partition coefficient (Wildman–Crippen LogP) is 5.29. The van der Waals surface area contributed by atoms with Crippen molar-refractivity contribution in [3.63, 3.8) is 0 Å². The standard InChI is InChI=1S/C24H21ClN4OS/c1-17-7-6-8-18(13-17)14-26-28-23(30)16-31-24-27-21-11-4-5-12-22(21)29(24)15-19-9-2-3-10-20(19)25/h2-14H,15-16H2,1H3,(H,28,30). The number of hydrogen-bond acceptors (Lipinski definition) is 4. The molecule has 31 heavy (non-hydrogen) atoms. The van der Waals surface area contributed by atoms with Gasteiger partial charge in [-0.15, -0.1) is 0 Å². The van der Waals surface area contributed by atoms with Crippen LogP contribution in [0.25, 0.3) is 11.0 Å². The molecule has 0 aliphatic carbocycles. The zero-order valence-electron chi connectivity index (χ0n) is 17.0. The van der Waals surface area contributed by atoms with Gasteiger partial charge in [-0.2, -0.15) is 5.10 Å². The molecule has 1 heterocycles. The maximum atomic E-state index is 12.3. The lowest BCUT2D eigenvalue weighted by atomic mass is 10.2. The number of nitrogens with zero attached hydrogens (tertiary/aromatic N) is 3. The Morgan fingerprint density at radius 1 is 1.13 bits per heavy atom. The van der Waals surface area contributed by atoms with Crippen LogP contribution >= 0.6 is 23.4 Å². The molecular weight excluding hydrogens is 428 g/mol. The number of imidazole rings is 1. The number of hydrazone groups is 1. The topological polar surface area (TPSA) is 59.3 Å². The lowest BCUT2D eigenvalue weighted by molar-refractivity contribution is -0.118. The predicted molar refractivity (Wildman–Crippen MR) is 128 cm³/mol. The number of thioether (sulfide) groups is 1. The van der Waals surface area contributed by atoms with E-state index in [1.165, 1.54) is 11.8 Å². The molecule has 1 aromatic heterocycles. The second-order valence-corrected chi connectivity index (χ2v) is 8.41. The third-order valence-electron chi connectivity index (χ3n) is 4.68. The van der Waals surface area contributed by atoms with E-state index in [4.69, 9.17) is 16.6 Å². The molecule has 0 radical (unpaired) electrons. The normalized spacial score (nSPS) is 11.3. The molecule has 7 heteroatoms. The van der Waals surface area contributed by atoms with Crippen molar-refractivity contribution in [1.82, 2.24) is 15.0 Å². The zero-order chi connectivity index (χ0) is 21.6. The summed E-state index contributed by atoms with van der Waals surface area (Å²) in [6.07, 6.45) is 1.64. The average Bonchev–Trinajstić information content (AvgIpc) is 3.11. The Morgan fingerprint density at radius 2 is 1.94 bits per heavy atom. The van der Waals surface area contributed by atoms with Crippen LogP contribution in [0.1, 0.15) is 16.7 Å². The van der Waals surface area contributed by atoms with Crippen LogP contribution in [0.2, 0.25) is 5.02 Å². The van der Waals surface area contributed by atoms with Crippen molar-refractivity contribution in [3.05, 3.63) is 94.5 Å². The smallest absolute Gasteiger partial charge is 0.250 e. The fraction of sp³-hybridized carbons (Fsp3) is 0.125. The molecule has 1 amide bonds. The van der Waals surface area contributed by atoms with E-state index in [-0.39, 0.29) is 11.7 Å². The number of halogens is 1. The van der Waals surface area contributed by atoms with Gasteiger partial charge in [-0.25, -0.2) is 10.4 Å². The van der Waals surface area contributed by atoms with Crippen LogP contribution in [0.15, 0.2) is 83.1 Å². The Kier molecular flexibility index (Phi) is 6.70. The molecule has 0 unspecified atom stereocenters. The second kappa shape index (κ2) is 9.81. The van der Waals surface area contributed by atoms with E-state index >= 15 is 0 Å². The Labute approximate surface area is 190 Å². The highest BCUT2D eigenvalue weighted by Crippen LogP contribution is 2.27. The van der Waals surface area contributed by atoms with Crippen molar-refractivity contribution in [2.45, 2.75) is 18.6 Å². The number of hydrogen-bond donors (Lipinski definition) is 1. The third-order valence-corrected chi connectivity index (χ3v) is 6.03. The summed E-state index contributed by atoms with van der Waals surface area (Å²) in [6, 6.07) is 23.6. The maximum absolute atomic E-state index is 12.3. The van der Waals surface area contributed by atoms with Crippen molar-refractivity contribution < 1.29 is 4.79 Å². The van der Waals surface area contributed by atoms with Crippen molar-refractivity contribution >= 4 is 46.5 Å². The number of carbonyl (C=O) groups excluding carboxylic acids is 1. The molecule has 0 aliphatic heterocycles. The molecule has 0 fully saturated rings. The van der Waals surface area contributed by atoms with Gasteiger partial charge in [-0.1, -0.05) is 83.5 Å². The Balaban J connectivity index is 1.46. The van der Waals surface area contributed by atoms with Gasteiger partial charge in [0.05, 0.1) is 29.5 Å². The minimum absolute atomic E-state index is 0.190. The molecular formula is C24H21ClN4OS. The SMILES string of the molecule is Cc1cccc(C=NNC(=O)CSc2nc3ccccc3n2Cc2ccccc2Cl)c1. The molecule has 3 aromatic carbocycles. The molecule has 0 atom stereocenters. The minimum atomic E-state index is -0.190. The third kappa shape index (κ3) is 5.34. The van der Waals surface area contributed by atoms with Crippen molar-refractivity contribution in [1.29, 1.82) is 0 Å². The minimum Gasteiger partial charge on any atom is -0.314 e. The molecule has 0 aliphatic rings. The summed E-state index contributed by atoms with van der Waals surface area (Å²) in [6.45, 7) is 2.59. The summed E-state index contributed by atoms with van der Waals surface area (Å²) >= 11 is 7.75. The van der Waals surface area contributed by atoms with Gasteiger partial charge < -0.3 is 4.57 Å². The summed E-state index contributed by atoms with van der Waals surface area (Å²) in [4.78, 5) is 17.0. The van der Waals surface area contributed by atoms with Crippen molar-refractivity contribution in [2.24, 2.45) is 5.10 Å². The fourth-order valence-corrected chi connectivity index (χ4v) is 4.21. The van der Waals surface area contributed by atoms with Gasteiger partial charge in [-0.05, 0) is 36.2 Å². The first-order valence-electron chi connectivity index (χ1n) is 9.80. The van der Waals surface area contributed by atoms with Crippen LogP contribution in [0, 0.1) is 6.92 Å². The van der Waals surface area contributed by atoms with Gasteiger partial charge in [0.15, 0.2) is 5.16 Å². The molecule has 5 nitrogen and oxygen atoms in total. The van der Waals surface area contributed by atoms with Crippen LogP contribution in [0.3, 0.4) is 0 Å². The Bertz CT molecular complexity index is 1250. The number of nitrogens with one attached hydrogen (secondary N) is 1. The van der Waals surface area contributed by atoms with Gasteiger partial charge in [0, 0.05) is 5.02 Å². The number of rotatable bonds is 7. The first-order valence-corrected chi connectivity index (χ1v) is 11.2. The quantitative estimate of drug-likeness (QED) is 0.237. The number of para-hydroxylation sites is 2. The summed E-state index contributed by atoms with van der Waals surface area (Å²) in [5.41, 5.74) is 7.55. The van der Waals surface area contributed by atoms with Gasteiger partial charge in [-0.3, -0.25) is 4.79 Å². The number of aryl methyl sites for hydroxylation is 1. The van der Waals surface area contributed by atoms with E-state index in [1.807, 2.05) is 79.7 Å². The van der Waals surface area contributed by atoms with Crippen molar-refractivity contribution in [2.75, 3.05) is 5.75 Å². The zero-order valence-corrected chi connectivity index (χ0v) is 18.5. The van der Waals surface area contributed by atoms with Crippen LogP contribution in [0.5, 0.6) is 0 Å². The fourth-order valence-electron chi connectivity index (χ4n) is 3.20. The van der Waals surface area contributed by atoms with E-state index in [2.05, 4.69) is 15.1 Å². The van der Waals surface area contributed by atoms with Gasteiger partial charge in [0.25, 0.3) is 5.91 Å². The van der Waals surface area contributed by atoms with Crippen LogP contribution in [-0.4, -0.2) is 27.4 Å². The highest BCUT2D eigenvalue weighted by atomic mass is 35.5. The molecule has 0 saturated heterocycles. The van der Waals surface area contributed by atoms with E-state index in [1.54, 1.807) is 6.21 Å². The summed E-state index contributed by atoms with van der Waals surface area (Å²) in [5.74, 6) is 0.0158. The van der Waals surface area contributed by atoms with Gasteiger partial charge in [0.2, 0.25) is 0 Å². The molecule has 4 aromatic rings. The van der Waals surface area contributed by atoms with Crippen LogP contribution in [-0.2, 0) is 11.3 Å². The summed E-state index contributed by atoms with van der Waals surface area (Å²) < 4.78 is 2.09. The van der Waals surface area contributed by atoms with Gasteiger partial charge in [0.1, 0.15) is 0 Å². The number of amides is 1. The summed E-state index contributed by atoms with van der Waals surface area (Å²) in [7, 11) is 0. The Hall–Kier alpha value is -3.09. The van der Waals surface area contributed by atoms with Crippen LogP contribution < -0.4 is 5.43 Å².